The maximum atomic E-state index is 13.6. The topological polar surface area (TPSA) is 44.8 Å². The largest absolute Gasteiger partial charge is 0.484 e. The molecule has 1 saturated carbocycles. The van der Waals surface area contributed by atoms with Crippen molar-refractivity contribution in [3.63, 3.8) is 0 Å². The van der Waals surface area contributed by atoms with Crippen LogP contribution in [0.15, 0.2) is 18.2 Å². The summed E-state index contributed by atoms with van der Waals surface area (Å²) in [6.07, 6.45) is -0.777. The van der Waals surface area contributed by atoms with Crippen molar-refractivity contribution in [3.05, 3.63) is 29.6 Å². The lowest BCUT2D eigenvalue weighted by Gasteiger charge is -2.34. The van der Waals surface area contributed by atoms with Crippen molar-refractivity contribution >= 4 is 5.78 Å². The Morgan fingerprint density at radius 2 is 2.16 bits per heavy atom. The monoisotopic (exact) mass is 268 g/mol. The third-order valence-corrected chi connectivity index (χ3v) is 3.01. The molecular formula is C14H17FO4. The van der Waals surface area contributed by atoms with Gasteiger partial charge in [0.05, 0.1) is 13.2 Å². The molecule has 104 valence electrons. The Morgan fingerprint density at radius 1 is 1.37 bits per heavy atom. The fourth-order valence-corrected chi connectivity index (χ4v) is 1.89. The zero-order valence-electron chi connectivity index (χ0n) is 11.0. The van der Waals surface area contributed by atoms with Crippen molar-refractivity contribution in [1.82, 2.24) is 0 Å². The van der Waals surface area contributed by atoms with E-state index in [4.69, 9.17) is 14.2 Å². The molecule has 1 fully saturated rings. The Labute approximate surface area is 111 Å². The molecule has 2 rings (SSSR count). The number of ether oxygens (including phenoxy) is 3. The lowest BCUT2D eigenvalue weighted by atomic mass is 9.90. The summed E-state index contributed by atoms with van der Waals surface area (Å²) in [7, 11) is 1.56. The minimum absolute atomic E-state index is 0.0193. The highest BCUT2D eigenvalue weighted by Crippen LogP contribution is 2.28. The van der Waals surface area contributed by atoms with Crippen molar-refractivity contribution in [2.24, 2.45) is 0 Å². The standard InChI is InChI=1S/C14H17FO4/c1-9-3-4-10(15)12(7-9)19-13-8-11(16)14(13)18-6-5-17-2/h3-4,7,13-14H,5-6,8H2,1-2H3. The highest BCUT2D eigenvalue weighted by molar-refractivity contribution is 5.90. The van der Waals surface area contributed by atoms with E-state index in [0.29, 0.717) is 13.2 Å². The summed E-state index contributed by atoms with van der Waals surface area (Å²) in [5.41, 5.74) is 0.902. The summed E-state index contributed by atoms with van der Waals surface area (Å²) in [6.45, 7) is 2.59. The first kappa shape index (κ1) is 14.0. The molecule has 0 heterocycles. The van der Waals surface area contributed by atoms with Crippen LogP contribution >= 0.6 is 0 Å². The maximum absolute atomic E-state index is 13.6. The van der Waals surface area contributed by atoms with Crippen molar-refractivity contribution in [3.8, 4) is 5.75 Å². The van der Waals surface area contributed by atoms with Crippen LogP contribution in [0.1, 0.15) is 12.0 Å². The van der Waals surface area contributed by atoms with E-state index in [1.165, 1.54) is 6.07 Å². The van der Waals surface area contributed by atoms with E-state index in [1.54, 1.807) is 19.2 Å². The van der Waals surface area contributed by atoms with Crippen LogP contribution in [0.2, 0.25) is 0 Å². The van der Waals surface area contributed by atoms with E-state index in [9.17, 15) is 9.18 Å². The van der Waals surface area contributed by atoms with E-state index in [0.717, 1.165) is 5.56 Å². The van der Waals surface area contributed by atoms with Crippen LogP contribution in [0.4, 0.5) is 4.39 Å². The maximum Gasteiger partial charge on any atom is 0.169 e. The van der Waals surface area contributed by atoms with E-state index in [2.05, 4.69) is 0 Å². The van der Waals surface area contributed by atoms with Crippen molar-refractivity contribution in [2.75, 3.05) is 20.3 Å². The summed E-state index contributed by atoms with van der Waals surface area (Å²) < 4.78 is 29.3. The number of hydrogen-bond acceptors (Lipinski definition) is 4. The Balaban J connectivity index is 1.95. The Hall–Kier alpha value is -1.46. The lowest BCUT2D eigenvalue weighted by Crippen LogP contribution is -2.52. The van der Waals surface area contributed by atoms with Crippen molar-refractivity contribution in [1.29, 1.82) is 0 Å². The molecule has 19 heavy (non-hydrogen) atoms. The Morgan fingerprint density at radius 3 is 2.84 bits per heavy atom. The third-order valence-electron chi connectivity index (χ3n) is 3.01. The molecule has 1 aromatic rings. The second-order valence-corrected chi connectivity index (χ2v) is 4.54. The molecule has 0 bridgehead atoms. The molecule has 0 aromatic heterocycles. The number of Topliss-reactive ketones (excluding diaryl/α,β-unsaturated/α-hetero) is 1. The molecule has 1 aromatic carbocycles. The second kappa shape index (κ2) is 6.12. The number of ketones is 1. The number of methoxy groups -OCH3 is 1. The van der Waals surface area contributed by atoms with E-state index < -0.39 is 18.0 Å². The SMILES string of the molecule is COCCOC1C(=O)CC1Oc1cc(C)ccc1F. The lowest BCUT2D eigenvalue weighted by molar-refractivity contribution is -0.156. The van der Waals surface area contributed by atoms with Crippen LogP contribution in [0.25, 0.3) is 0 Å². The minimum atomic E-state index is -0.616. The average Bonchev–Trinajstić information content (AvgIpc) is 2.38. The fraction of sp³-hybridized carbons (Fsp3) is 0.500. The highest BCUT2D eigenvalue weighted by atomic mass is 19.1. The van der Waals surface area contributed by atoms with Crippen LogP contribution < -0.4 is 4.74 Å². The zero-order valence-corrected chi connectivity index (χ0v) is 11.0. The first-order chi connectivity index (χ1) is 9.11. The molecule has 0 N–H and O–H groups in total. The number of hydrogen-bond donors (Lipinski definition) is 0. The van der Waals surface area contributed by atoms with Crippen molar-refractivity contribution < 1.29 is 23.4 Å². The molecule has 5 heteroatoms. The molecule has 0 spiro atoms. The quantitative estimate of drug-likeness (QED) is 0.739. The molecule has 4 nitrogen and oxygen atoms in total. The number of halogens is 1. The minimum Gasteiger partial charge on any atom is -0.484 e. The van der Waals surface area contributed by atoms with Gasteiger partial charge in [-0.15, -0.1) is 0 Å². The van der Waals surface area contributed by atoms with Gasteiger partial charge in [-0.2, -0.15) is 0 Å². The summed E-state index contributed by atoms with van der Waals surface area (Å²) in [6, 6.07) is 4.64. The molecule has 0 radical (unpaired) electrons. The van der Waals surface area contributed by atoms with Gasteiger partial charge in [-0.05, 0) is 24.6 Å². The Bertz CT molecular complexity index is 461. The molecule has 2 atom stereocenters. The first-order valence-corrected chi connectivity index (χ1v) is 6.18. The smallest absolute Gasteiger partial charge is 0.169 e. The Kier molecular flexibility index (Phi) is 4.50. The van der Waals surface area contributed by atoms with Gasteiger partial charge in [0.2, 0.25) is 0 Å². The van der Waals surface area contributed by atoms with Crippen molar-refractivity contribution in [2.45, 2.75) is 25.6 Å². The third kappa shape index (κ3) is 3.30. The van der Waals surface area contributed by atoms with Gasteiger partial charge in [0.15, 0.2) is 23.5 Å². The van der Waals surface area contributed by atoms with E-state index >= 15 is 0 Å². The van der Waals surface area contributed by atoms with Gasteiger partial charge in [0.25, 0.3) is 0 Å². The number of aryl methyl sites for hydroxylation is 1. The van der Waals surface area contributed by atoms with Crippen LogP contribution in [0, 0.1) is 12.7 Å². The molecule has 2 unspecified atom stereocenters. The van der Waals surface area contributed by atoms with Gasteiger partial charge in [0.1, 0.15) is 6.10 Å². The zero-order chi connectivity index (χ0) is 13.8. The second-order valence-electron chi connectivity index (χ2n) is 4.54. The normalized spacial score (nSPS) is 22.2. The van der Waals surface area contributed by atoms with Gasteiger partial charge in [-0.25, -0.2) is 4.39 Å². The molecule has 0 aliphatic heterocycles. The molecular weight excluding hydrogens is 251 g/mol. The number of benzene rings is 1. The summed E-state index contributed by atoms with van der Waals surface area (Å²) in [4.78, 5) is 11.4. The predicted molar refractivity (Wildman–Crippen MR) is 66.8 cm³/mol. The number of rotatable bonds is 6. The number of carbonyl (C=O) groups is 1. The van der Waals surface area contributed by atoms with Crippen LogP contribution in [0.5, 0.6) is 5.75 Å². The van der Waals surface area contributed by atoms with Crippen LogP contribution in [-0.4, -0.2) is 38.3 Å². The molecule has 1 aliphatic rings. The summed E-state index contributed by atoms with van der Waals surface area (Å²) in [5, 5.41) is 0. The first-order valence-electron chi connectivity index (χ1n) is 6.18. The molecule has 0 saturated heterocycles. The fourth-order valence-electron chi connectivity index (χ4n) is 1.89. The summed E-state index contributed by atoms with van der Waals surface area (Å²) in [5.74, 6) is -0.285. The van der Waals surface area contributed by atoms with E-state index in [-0.39, 0.29) is 18.0 Å². The average molecular weight is 268 g/mol. The predicted octanol–water partition coefficient (Wildman–Crippen LogP) is 1.89. The molecule has 1 aliphatic carbocycles. The summed E-state index contributed by atoms with van der Waals surface area (Å²) >= 11 is 0. The van der Waals surface area contributed by atoms with E-state index in [1.807, 2.05) is 6.92 Å². The van der Waals surface area contributed by atoms with Gasteiger partial charge in [-0.1, -0.05) is 6.07 Å². The van der Waals surface area contributed by atoms with Gasteiger partial charge >= 0.3 is 0 Å². The van der Waals surface area contributed by atoms with Gasteiger partial charge < -0.3 is 14.2 Å². The molecule has 0 amide bonds. The van der Waals surface area contributed by atoms with Crippen LogP contribution in [-0.2, 0) is 14.3 Å². The van der Waals surface area contributed by atoms with Crippen LogP contribution in [0.3, 0.4) is 0 Å². The number of carbonyl (C=O) groups excluding carboxylic acids is 1. The van der Waals surface area contributed by atoms with Gasteiger partial charge in [-0.3, -0.25) is 4.79 Å². The highest BCUT2D eigenvalue weighted by Gasteiger charge is 2.43. The van der Waals surface area contributed by atoms with Gasteiger partial charge in [0, 0.05) is 13.5 Å².